The Hall–Kier alpha value is -2.54. The van der Waals surface area contributed by atoms with Gasteiger partial charge in [-0.05, 0) is 31.5 Å². The van der Waals surface area contributed by atoms with Crippen molar-refractivity contribution in [3.63, 3.8) is 0 Å². The third kappa shape index (κ3) is 3.27. The van der Waals surface area contributed by atoms with Gasteiger partial charge >= 0.3 is 0 Å². The van der Waals surface area contributed by atoms with E-state index in [4.69, 9.17) is 10.00 Å². The molecule has 1 aromatic heterocycles. The maximum Gasteiger partial charge on any atom is 0.145 e. The maximum absolute atomic E-state index is 8.98. The Kier molecular flexibility index (Phi) is 4.56. The van der Waals surface area contributed by atoms with E-state index in [2.05, 4.69) is 16.4 Å². The normalized spacial score (nSPS) is 9.85. The van der Waals surface area contributed by atoms with E-state index in [1.54, 1.807) is 0 Å². The Morgan fingerprint density at radius 1 is 1.25 bits per heavy atom. The van der Waals surface area contributed by atoms with Gasteiger partial charge in [0.1, 0.15) is 23.3 Å². The molecule has 0 atom stereocenters. The third-order valence-corrected chi connectivity index (χ3v) is 2.94. The first kappa shape index (κ1) is 13.9. The topological polar surface area (TPSA) is 57.9 Å². The smallest absolute Gasteiger partial charge is 0.145 e. The van der Waals surface area contributed by atoms with E-state index in [0.29, 0.717) is 24.7 Å². The number of pyridine rings is 1. The number of rotatable bonds is 5. The first-order valence-electron chi connectivity index (χ1n) is 6.57. The van der Waals surface area contributed by atoms with Gasteiger partial charge in [0, 0.05) is 12.1 Å². The van der Waals surface area contributed by atoms with Crippen LogP contribution in [-0.4, -0.2) is 11.6 Å². The van der Waals surface area contributed by atoms with Crippen LogP contribution in [-0.2, 0) is 6.54 Å². The fourth-order valence-corrected chi connectivity index (χ4v) is 1.87. The molecule has 1 N–H and O–H groups in total. The predicted molar refractivity (Wildman–Crippen MR) is 78.6 cm³/mol. The van der Waals surface area contributed by atoms with Gasteiger partial charge in [0.05, 0.1) is 6.61 Å². The van der Waals surface area contributed by atoms with E-state index in [1.165, 1.54) is 0 Å². The van der Waals surface area contributed by atoms with E-state index in [0.717, 1.165) is 16.9 Å². The molecule has 4 nitrogen and oxygen atoms in total. The molecule has 1 heterocycles. The summed E-state index contributed by atoms with van der Waals surface area (Å²) in [6, 6.07) is 13.7. The van der Waals surface area contributed by atoms with E-state index in [-0.39, 0.29) is 0 Å². The highest BCUT2D eigenvalue weighted by Gasteiger charge is 2.04. The van der Waals surface area contributed by atoms with Crippen LogP contribution in [0.4, 0.5) is 5.82 Å². The zero-order valence-corrected chi connectivity index (χ0v) is 11.7. The second-order valence-corrected chi connectivity index (χ2v) is 4.37. The molecule has 0 amide bonds. The summed E-state index contributed by atoms with van der Waals surface area (Å²) in [7, 11) is 0. The molecule has 0 fully saturated rings. The van der Waals surface area contributed by atoms with Gasteiger partial charge in [-0.2, -0.15) is 5.26 Å². The molecular weight excluding hydrogens is 250 g/mol. The quantitative estimate of drug-likeness (QED) is 0.903. The molecule has 102 valence electrons. The number of benzene rings is 1. The van der Waals surface area contributed by atoms with Gasteiger partial charge in [0.25, 0.3) is 0 Å². The molecule has 1 aromatic carbocycles. The third-order valence-electron chi connectivity index (χ3n) is 2.94. The number of aromatic nitrogens is 1. The summed E-state index contributed by atoms with van der Waals surface area (Å²) in [5.41, 5.74) is 2.40. The molecule has 2 aromatic rings. The number of nitrogens with zero attached hydrogens (tertiary/aromatic N) is 2. The number of para-hydroxylation sites is 1. The average Bonchev–Trinajstić information content (AvgIpc) is 2.48. The Morgan fingerprint density at radius 3 is 2.80 bits per heavy atom. The largest absolute Gasteiger partial charge is 0.494 e. The Balaban J connectivity index is 2.11. The highest BCUT2D eigenvalue weighted by molar-refractivity contribution is 5.44. The van der Waals surface area contributed by atoms with Gasteiger partial charge in [-0.15, -0.1) is 0 Å². The molecule has 0 unspecified atom stereocenters. The number of nitriles is 1. The molecule has 20 heavy (non-hydrogen) atoms. The van der Waals surface area contributed by atoms with Crippen LogP contribution in [0.15, 0.2) is 36.4 Å². The maximum atomic E-state index is 8.98. The van der Waals surface area contributed by atoms with Crippen LogP contribution in [0.3, 0.4) is 0 Å². The number of aryl methyl sites for hydroxylation is 1. The minimum Gasteiger partial charge on any atom is -0.494 e. The fraction of sp³-hybridized carbons (Fsp3) is 0.250. The molecule has 2 rings (SSSR count). The summed E-state index contributed by atoms with van der Waals surface area (Å²) < 4.78 is 5.58. The van der Waals surface area contributed by atoms with Crippen LogP contribution >= 0.6 is 0 Å². The zero-order valence-electron chi connectivity index (χ0n) is 11.7. The minimum absolute atomic E-state index is 0.452. The summed E-state index contributed by atoms with van der Waals surface area (Å²) in [5, 5.41) is 12.2. The summed E-state index contributed by atoms with van der Waals surface area (Å²) in [6.45, 7) is 5.08. The second-order valence-electron chi connectivity index (χ2n) is 4.37. The lowest BCUT2D eigenvalue weighted by Crippen LogP contribution is -2.05. The Labute approximate surface area is 119 Å². The number of nitrogens with one attached hydrogen (secondary N) is 1. The summed E-state index contributed by atoms with van der Waals surface area (Å²) >= 11 is 0. The lowest BCUT2D eigenvalue weighted by atomic mass is 10.2. The van der Waals surface area contributed by atoms with Crippen molar-refractivity contribution >= 4 is 5.82 Å². The molecular formula is C16H17N3O. The second kappa shape index (κ2) is 6.58. The lowest BCUT2D eigenvalue weighted by molar-refractivity contribution is 0.337. The van der Waals surface area contributed by atoms with Gasteiger partial charge in [-0.25, -0.2) is 4.98 Å². The molecule has 0 bridgehead atoms. The van der Waals surface area contributed by atoms with Crippen molar-refractivity contribution in [2.75, 3.05) is 11.9 Å². The monoisotopic (exact) mass is 267 g/mol. The van der Waals surface area contributed by atoms with Gasteiger partial charge in [0.15, 0.2) is 0 Å². The molecule has 0 aliphatic carbocycles. The summed E-state index contributed by atoms with van der Waals surface area (Å²) in [5.74, 6) is 1.56. The standard InChI is InChI=1S/C16H17N3O/c1-3-20-15-7-5-4-6-13(15)11-18-16-9-8-12(2)14(10-17)19-16/h4-9H,3,11H2,1-2H3,(H,18,19). The molecule has 0 saturated carbocycles. The Morgan fingerprint density at radius 2 is 2.05 bits per heavy atom. The summed E-state index contributed by atoms with van der Waals surface area (Å²) in [4.78, 5) is 4.27. The minimum atomic E-state index is 0.452. The van der Waals surface area contributed by atoms with Gasteiger partial charge in [0.2, 0.25) is 0 Å². The van der Waals surface area contributed by atoms with E-state index >= 15 is 0 Å². The van der Waals surface area contributed by atoms with Crippen molar-refractivity contribution in [2.45, 2.75) is 20.4 Å². The van der Waals surface area contributed by atoms with Crippen molar-refractivity contribution in [2.24, 2.45) is 0 Å². The van der Waals surface area contributed by atoms with Crippen molar-refractivity contribution in [3.8, 4) is 11.8 Å². The van der Waals surface area contributed by atoms with Gasteiger partial charge in [-0.3, -0.25) is 0 Å². The average molecular weight is 267 g/mol. The molecule has 0 aliphatic heterocycles. The SMILES string of the molecule is CCOc1ccccc1CNc1ccc(C)c(C#N)n1. The van der Waals surface area contributed by atoms with E-state index in [9.17, 15) is 0 Å². The van der Waals surface area contributed by atoms with Gasteiger partial charge in [-0.1, -0.05) is 24.3 Å². The predicted octanol–water partition coefficient (Wildman–Crippen LogP) is 3.27. The van der Waals surface area contributed by atoms with Crippen LogP contribution in [0, 0.1) is 18.3 Å². The van der Waals surface area contributed by atoms with Crippen LogP contribution < -0.4 is 10.1 Å². The fourth-order valence-electron chi connectivity index (χ4n) is 1.87. The Bertz CT molecular complexity index is 632. The number of anilines is 1. The molecule has 0 aliphatic rings. The van der Waals surface area contributed by atoms with Crippen LogP contribution in [0.25, 0.3) is 0 Å². The van der Waals surface area contributed by atoms with Crippen LogP contribution in [0.5, 0.6) is 5.75 Å². The van der Waals surface area contributed by atoms with Gasteiger partial charge < -0.3 is 10.1 Å². The lowest BCUT2D eigenvalue weighted by Gasteiger charge is -2.11. The van der Waals surface area contributed by atoms with Crippen molar-refractivity contribution in [3.05, 3.63) is 53.2 Å². The molecule has 4 heteroatoms. The van der Waals surface area contributed by atoms with E-state index in [1.807, 2.05) is 50.2 Å². The van der Waals surface area contributed by atoms with Crippen LogP contribution in [0.2, 0.25) is 0 Å². The number of ether oxygens (including phenoxy) is 1. The number of hydrogen-bond donors (Lipinski definition) is 1. The van der Waals surface area contributed by atoms with Crippen molar-refractivity contribution in [1.82, 2.24) is 4.98 Å². The summed E-state index contributed by atoms with van der Waals surface area (Å²) in [6.07, 6.45) is 0. The zero-order chi connectivity index (χ0) is 14.4. The van der Waals surface area contributed by atoms with Crippen LogP contribution in [0.1, 0.15) is 23.7 Å². The van der Waals surface area contributed by atoms with E-state index < -0.39 is 0 Å². The highest BCUT2D eigenvalue weighted by atomic mass is 16.5. The highest BCUT2D eigenvalue weighted by Crippen LogP contribution is 2.19. The van der Waals surface area contributed by atoms with Crippen molar-refractivity contribution < 1.29 is 4.74 Å². The van der Waals surface area contributed by atoms with Crippen molar-refractivity contribution in [1.29, 1.82) is 5.26 Å². The molecule has 0 spiro atoms. The first-order chi connectivity index (χ1) is 9.74. The molecule has 0 radical (unpaired) electrons. The first-order valence-corrected chi connectivity index (χ1v) is 6.57. The number of hydrogen-bond acceptors (Lipinski definition) is 4. The molecule has 0 saturated heterocycles.